The number of anilines is 1. The molecule has 1 N–H and O–H groups in total. The Hall–Kier alpha value is -3.22. The maximum absolute atomic E-state index is 14.8. The van der Waals surface area contributed by atoms with Gasteiger partial charge in [-0.05, 0) is 115 Å². The molecule has 3 aliphatic heterocycles. The van der Waals surface area contributed by atoms with E-state index in [0.29, 0.717) is 54.9 Å². The van der Waals surface area contributed by atoms with E-state index in [4.69, 9.17) is 25.8 Å². The highest BCUT2D eigenvalue weighted by molar-refractivity contribution is 7.92. The van der Waals surface area contributed by atoms with Crippen LogP contribution in [-0.2, 0) is 45.4 Å². The highest BCUT2D eigenvalue weighted by Crippen LogP contribution is 2.47. The molecule has 264 valence electrons. The van der Waals surface area contributed by atoms with Gasteiger partial charge in [0.25, 0.3) is 11.8 Å². The number of allylic oxidation sites excluding steroid dienone is 1. The molecule has 0 spiro atoms. The van der Waals surface area contributed by atoms with Gasteiger partial charge in [0, 0.05) is 42.1 Å². The van der Waals surface area contributed by atoms with Gasteiger partial charge in [-0.15, -0.1) is 15.7 Å². The van der Waals surface area contributed by atoms with Crippen molar-refractivity contribution in [1.82, 2.24) is 4.72 Å². The molecule has 5 atom stereocenters. The number of hydrogen-bond acceptors (Lipinski definition) is 8. The van der Waals surface area contributed by atoms with E-state index in [1.165, 1.54) is 22.5 Å². The second-order valence-electron chi connectivity index (χ2n) is 14.1. The number of rotatable bonds is 3. The van der Waals surface area contributed by atoms with Crippen molar-refractivity contribution in [3.63, 3.8) is 0 Å². The van der Waals surface area contributed by atoms with Crippen LogP contribution in [0.3, 0.4) is 0 Å². The van der Waals surface area contributed by atoms with Crippen LogP contribution in [0.25, 0.3) is 0 Å². The number of fused-ring (bicyclic) bond motifs is 5. The van der Waals surface area contributed by atoms with Crippen LogP contribution < -0.4 is 14.4 Å². The first-order valence-electron chi connectivity index (χ1n) is 17.6. The van der Waals surface area contributed by atoms with Crippen molar-refractivity contribution in [1.29, 1.82) is 0 Å². The molecule has 2 bridgehead atoms. The van der Waals surface area contributed by atoms with Crippen molar-refractivity contribution in [2.24, 2.45) is 22.1 Å². The average molecular weight is 736 g/mol. The molecule has 5 aliphatic rings. The van der Waals surface area contributed by atoms with Gasteiger partial charge in [-0.1, -0.05) is 23.7 Å². The average Bonchev–Trinajstić information content (AvgIpc) is 3.52. The molecule has 1 unspecified atom stereocenters. The Bertz CT molecular complexity index is 1960. The molecule has 1 saturated carbocycles. The predicted molar refractivity (Wildman–Crippen MR) is 195 cm³/mol. The highest BCUT2D eigenvalue weighted by Gasteiger charge is 2.44. The summed E-state index contributed by atoms with van der Waals surface area (Å²) >= 11 is 7.85. The fraction of sp³-hybridized carbons (Fsp3) is 0.474. The van der Waals surface area contributed by atoms with Crippen LogP contribution in [0.2, 0.25) is 5.02 Å². The molecule has 1 fully saturated rings. The minimum absolute atomic E-state index is 0.0429. The first-order chi connectivity index (χ1) is 24.3. The van der Waals surface area contributed by atoms with Crippen molar-refractivity contribution in [2.45, 2.75) is 64.2 Å². The molecule has 3 aromatic rings. The molecular formula is C38H42ClN3O6S2. The third kappa shape index (κ3) is 6.75. The van der Waals surface area contributed by atoms with E-state index in [-0.39, 0.29) is 23.7 Å². The summed E-state index contributed by atoms with van der Waals surface area (Å²) in [4.78, 5) is 31.6. The van der Waals surface area contributed by atoms with Crippen molar-refractivity contribution in [2.75, 3.05) is 37.5 Å². The molecular weight excluding hydrogens is 694 g/mol. The lowest BCUT2D eigenvalue weighted by Gasteiger charge is -2.47. The fourth-order valence-electron chi connectivity index (χ4n) is 8.06. The predicted octanol–water partition coefficient (Wildman–Crippen LogP) is 7.15. The Morgan fingerprint density at radius 3 is 2.76 bits per heavy atom. The number of ether oxygens (including phenoxy) is 3. The van der Waals surface area contributed by atoms with Gasteiger partial charge in [0.2, 0.25) is 0 Å². The lowest BCUT2D eigenvalue weighted by Crippen LogP contribution is -2.47. The zero-order chi connectivity index (χ0) is 34.4. The number of methoxy groups -OCH3 is 1. The van der Waals surface area contributed by atoms with Crippen molar-refractivity contribution < 1.29 is 28.0 Å². The van der Waals surface area contributed by atoms with Crippen molar-refractivity contribution >= 4 is 50.4 Å². The SMILES string of the molecule is CO[C@H]1C2=CC[C@@H]2CS(=O)(NC(=O)c2cc3c(s2)CCOC3)=NC(=O)c2ccc3c(c2)N(Cc2ccc(Cl)cc2CCCCO3)C[C@@H]2CC[C@H]21. The van der Waals surface area contributed by atoms with Crippen LogP contribution in [0.1, 0.15) is 73.7 Å². The summed E-state index contributed by atoms with van der Waals surface area (Å²) in [5.41, 5.74) is 5.58. The van der Waals surface area contributed by atoms with Gasteiger partial charge in [0.05, 0.1) is 42.2 Å². The quantitative estimate of drug-likeness (QED) is 0.285. The zero-order valence-corrected chi connectivity index (χ0v) is 30.5. The molecule has 0 saturated heterocycles. The van der Waals surface area contributed by atoms with E-state index in [9.17, 15) is 13.8 Å². The minimum atomic E-state index is -3.53. The number of benzene rings is 2. The van der Waals surface area contributed by atoms with Crippen LogP contribution in [0.4, 0.5) is 5.69 Å². The molecule has 8 rings (SSSR count). The van der Waals surface area contributed by atoms with E-state index in [1.54, 1.807) is 19.2 Å². The Labute approximate surface area is 302 Å². The Morgan fingerprint density at radius 2 is 1.98 bits per heavy atom. The summed E-state index contributed by atoms with van der Waals surface area (Å²) in [6, 6.07) is 13.3. The first-order valence-corrected chi connectivity index (χ1v) is 20.5. The third-order valence-corrected chi connectivity index (χ3v) is 14.2. The lowest BCUT2D eigenvalue weighted by atomic mass is 9.65. The van der Waals surface area contributed by atoms with Gasteiger partial charge in [0.1, 0.15) is 15.7 Å². The number of nitrogens with one attached hydrogen (secondary N) is 1. The van der Waals surface area contributed by atoms with Gasteiger partial charge < -0.3 is 19.1 Å². The molecule has 4 heterocycles. The summed E-state index contributed by atoms with van der Waals surface area (Å²) in [6.07, 6.45) is 8.27. The molecule has 12 heteroatoms. The Kier molecular flexibility index (Phi) is 9.54. The summed E-state index contributed by atoms with van der Waals surface area (Å²) in [5.74, 6) is 0.105. The van der Waals surface area contributed by atoms with Crippen LogP contribution in [0.15, 0.2) is 58.5 Å². The molecule has 50 heavy (non-hydrogen) atoms. The standard InChI is InChI=1S/C38H42ClN3O6S2/c1-46-36-30-10-6-26(30)20-42-19-25-5-9-29(39)16-23(25)4-2-3-14-48-33-12-8-24(17-32(33)42)37(43)40-50(45,22-27-7-11-31(27)36)41-38(44)35-18-28-21-47-15-13-34(28)49-35/h5,8-9,11-12,16-18,26-27,30,36H,2-4,6-7,10,13-15,19-22H2,1H3,(H,40,41,43,44,45)/t26-,27+,30+,36+,50?/m0/s1. The molecule has 2 amide bonds. The summed E-state index contributed by atoms with van der Waals surface area (Å²) in [6.45, 7) is 2.98. The fourth-order valence-corrected chi connectivity index (χ4v) is 11.2. The zero-order valence-electron chi connectivity index (χ0n) is 28.2. The summed E-state index contributed by atoms with van der Waals surface area (Å²) in [7, 11) is -1.79. The number of amides is 2. The van der Waals surface area contributed by atoms with Gasteiger partial charge in [-0.3, -0.25) is 14.3 Å². The van der Waals surface area contributed by atoms with Crippen LogP contribution >= 0.6 is 22.9 Å². The monoisotopic (exact) mass is 735 g/mol. The van der Waals surface area contributed by atoms with E-state index < -0.39 is 21.7 Å². The van der Waals surface area contributed by atoms with E-state index in [0.717, 1.165) is 71.8 Å². The van der Waals surface area contributed by atoms with Crippen LogP contribution in [0.5, 0.6) is 5.75 Å². The van der Waals surface area contributed by atoms with Gasteiger partial charge >= 0.3 is 0 Å². The number of thiophene rings is 1. The largest absolute Gasteiger partial charge is 0.491 e. The minimum Gasteiger partial charge on any atom is -0.491 e. The summed E-state index contributed by atoms with van der Waals surface area (Å²) < 4.78 is 40.1. The molecule has 2 aliphatic carbocycles. The third-order valence-electron chi connectivity index (χ3n) is 10.9. The molecule has 1 aromatic heterocycles. The van der Waals surface area contributed by atoms with Crippen LogP contribution in [-0.4, -0.2) is 54.7 Å². The number of hydrogen-bond donors (Lipinski definition) is 1. The smallest absolute Gasteiger partial charge is 0.286 e. The second-order valence-corrected chi connectivity index (χ2v) is 17.6. The number of carbonyl (C=O) groups is 2. The number of halogens is 1. The Balaban J connectivity index is 1.21. The number of aryl methyl sites for hydroxylation is 1. The normalized spacial score (nSPS) is 27.8. The Morgan fingerprint density at radius 1 is 1.08 bits per heavy atom. The van der Waals surface area contributed by atoms with Gasteiger partial charge in [0.15, 0.2) is 0 Å². The molecule has 9 nitrogen and oxygen atoms in total. The number of nitrogens with zero attached hydrogens (tertiary/aromatic N) is 2. The van der Waals surface area contributed by atoms with Gasteiger partial charge in [-0.2, -0.15) is 0 Å². The van der Waals surface area contributed by atoms with Crippen LogP contribution in [0, 0.1) is 17.8 Å². The second kappa shape index (κ2) is 14.1. The first kappa shape index (κ1) is 33.9. The molecule has 2 aromatic carbocycles. The maximum Gasteiger partial charge on any atom is 0.286 e. The van der Waals surface area contributed by atoms with E-state index >= 15 is 0 Å². The van der Waals surface area contributed by atoms with E-state index in [2.05, 4.69) is 32.2 Å². The topological polar surface area (TPSA) is 107 Å². The van der Waals surface area contributed by atoms with E-state index in [1.807, 2.05) is 18.2 Å². The number of carbonyl (C=O) groups excluding carboxylic acids is 2. The highest BCUT2D eigenvalue weighted by atomic mass is 35.5. The maximum atomic E-state index is 14.8. The van der Waals surface area contributed by atoms with Gasteiger partial charge in [-0.25, -0.2) is 4.21 Å². The molecule has 0 radical (unpaired) electrons. The summed E-state index contributed by atoms with van der Waals surface area (Å²) in [5, 5.41) is 0.722. The lowest BCUT2D eigenvalue weighted by molar-refractivity contribution is -0.00132. The van der Waals surface area contributed by atoms with Crippen molar-refractivity contribution in [3.8, 4) is 5.75 Å². The van der Waals surface area contributed by atoms with Crippen molar-refractivity contribution in [3.05, 3.63) is 91.1 Å².